The molecule has 0 spiro atoms. The maximum absolute atomic E-state index is 12.3. The summed E-state index contributed by atoms with van der Waals surface area (Å²) in [5.74, 6) is -1.63. The molecule has 1 aromatic carbocycles. The molecular formula is C15H18N2O5S. The van der Waals surface area contributed by atoms with Crippen LogP contribution in [-0.4, -0.2) is 37.0 Å². The molecule has 2 fully saturated rings. The molecule has 2 saturated carbocycles. The molecule has 0 bridgehead atoms. The standard InChI is InChI=1S/C15H18N2O5S/c1-9-2-5-11(23(21,22)17-10-3-4-10)8-12(9)13(18)16-15(6-7-15)14(19)20/h2,5,8,10,17H,3-4,6-7H2,1H3,(H,16,18)(H,19,20). The summed E-state index contributed by atoms with van der Waals surface area (Å²) < 4.78 is 27.0. The molecular weight excluding hydrogens is 320 g/mol. The Morgan fingerprint density at radius 1 is 1.26 bits per heavy atom. The summed E-state index contributed by atoms with van der Waals surface area (Å²) in [4.78, 5) is 23.5. The molecule has 3 N–H and O–H groups in total. The van der Waals surface area contributed by atoms with Crippen molar-refractivity contribution >= 4 is 21.9 Å². The van der Waals surface area contributed by atoms with Gasteiger partial charge in [-0.05, 0) is 50.3 Å². The Morgan fingerprint density at radius 3 is 2.43 bits per heavy atom. The van der Waals surface area contributed by atoms with Crippen LogP contribution in [0.15, 0.2) is 23.1 Å². The molecule has 0 radical (unpaired) electrons. The van der Waals surface area contributed by atoms with E-state index >= 15 is 0 Å². The smallest absolute Gasteiger partial charge is 0.329 e. The number of carbonyl (C=O) groups excluding carboxylic acids is 1. The molecule has 1 aromatic rings. The van der Waals surface area contributed by atoms with Gasteiger partial charge in [-0.2, -0.15) is 0 Å². The molecule has 0 aromatic heterocycles. The zero-order valence-electron chi connectivity index (χ0n) is 12.6. The van der Waals surface area contributed by atoms with Gasteiger partial charge in [0.25, 0.3) is 5.91 Å². The van der Waals surface area contributed by atoms with Gasteiger partial charge in [-0.25, -0.2) is 17.9 Å². The van der Waals surface area contributed by atoms with E-state index < -0.39 is 27.4 Å². The van der Waals surface area contributed by atoms with E-state index in [1.807, 2.05) is 0 Å². The number of aryl methyl sites for hydroxylation is 1. The molecule has 0 saturated heterocycles. The predicted molar refractivity (Wildman–Crippen MR) is 81.6 cm³/mol. The first-order chi connectivity index (χ1) is 10.7. The van der Waals surface area contributed by atoms with Crippen molar-refractivity contribution in [3.05, 3.63) is 29.3 Å². The van der Waals surface area contributed by atoms with Crippen LogP contribution in [-0.2, 0) is 14.8 Å². The summed E-state index contributed by atoms with van der Waals surface area (Å²) >= 11 is 0. The van der Waals surface area contributed by atoms with Crippen LogP contribution >= 0.6 is 0 Å². The number of hydrogen-bond donors (Lipinski definition) is 3. The second-order valence-electron chi connectivity index (χ2n) is 6.21. The van der Waals surface area contributed by atoms with Crippen LogP contribution in [0.25, 0.3) is 0 Å². The van der Waals surface area contributed by atoms with Gasteiger partial charge in [0.2, 0.25) is 10.0 Å². The van der Waals surface area contributed by atoms with Crippen molar-refractivity contribution in [1.29, 1.82) is 0 Å². The molecule has 0 aliphatic heterocycles. The topological polar surface area (TPSA) is 113 Å². The summed E-state index contributed by atoms with van der Waals surface area (Å²) in [6, 6.07) is 4.27. The van der Waals surface area contributed by atoms with E-state index in [0.717, 1.165) is 12.8 Å². The first-order valence-electron chi connectivity index (χ1n) is 7.42. The van der Waals surface area contributed by atoms with E-state index in [0.29, 0.717) is 18.4 Å². The van der Waals surface area contributed by atoms with E-state index in [4.69, 9.17) is 5.11 Å². The number of benzene rings is 1. The van der Waals surface area contributed by atoms with E-state index in [1.54, 1.807) is 13.0 Å². The number of rotatable bonds is 6. The zero-order valence-corrected chi connectivity index (χ0v) is 13.4. The number of aliphatic carboxylic acids is 1. The number of amides is 1. The van der Waals surface area contributed by atoms with Crippen molar-refractivity contribution in [3.8, 4) is 0 Å². The molecule has 2 aliphatic rings. The Bertz CT molecular complexity index is 779. The van der Waals surface area contributed by atoms with Crippen LogP contribution in [0.5, 0.6) is 0 Å². The fourth-order valence-electron chi connectivity index (χ4n) is 2.30. The third kappa shape index (κ3) is 3.23. The molecule has 1 amide bonds. The van der Waals surface area contributed by atoms with Crippen LogP contribution < -0.4 is 10.0 Å². The molecule has 8 heteroatoms. The van der Waals surface area contributed by atoms with Crippen molar-refractivity contribution in [2.45, 2.75) is 49.1 Å². The van der Waals surface area contributed by atoms with Crippen LogP contribution in [0.4, 0.5) is 0 Å². The molecule has 23 heavy (non-hydrogen) atoms. The maximum Gasteiger partial charge on any atom is 0.329 e. The first kappa shape index (κ1) is 15.9. The highest BCUT2D eigenvalue weighted by molar-refractivity contribution is 7.89. The Hall–Kier alpha value is -1.93. The number of sulfonamides is 1. The molecule has 0 atom stereocenters. The Morgan fingerprint density at radius 2 is 1.91 bits per heavy atom. The number of carboxylic acid groups (broad SMARTS) is 1. The van der Waals surface area contributed by atoms with Crippen molar-refractivity contribution in [2.24, 2.45) is 0 Å². The largest absolute Gasteiger partial charge is 0.480 e. The van der Waals surface area contributed by atoms with Crippen molar-refractivity contribution in [1.82, 2.24) is 10.0 Å². The van der Waals surface area contributed by atoms with Crippen molar-refractivity contribution in [2.75, 3.05) is 0 Å². The lowest BCUT2D eigenvalue weighted by atomic mass is 10.1. The Labute approximate surface area is 134 Å². The zero-order chi connectivity index (χ0) is 16.8. The third-order valence-electron chi connectivity index (χ3n) is 4.18. The fraction of sp³-hybridized carbons (Fsp3) is 0.467. The lowest BCUT2D eigenvalue weighted by Crippen LogP contribution is -2.43. The SMILES string of the molecule is Cc1ccc(S(=O)(=O)NC2CC2)cc1C(=O)NC1(C(=O)O)CC1. The lowest BCUT2D eigenvalue weighted by molar-refractivity contribution is -0.140. The molecule has 7 nitrogen and oxygen atoms in total. The number of hydrogen-bond acceptors (Lipinski definition) is 4. The number of nitrogens with one attached hydrogen (secondary N) is 2. The number of carboxylic acids is 1. The van der Waals surface area contributed by atoms with Gasteiger partial charge < -0.3 is 10.4 Å². The second kappa shape index (κ2) is 5.31. The molecule has 3 rings (SSSR count). The van der Waals surface area contributed by atoms with E-state index in [2.05, 4.69) is 10.0 Å². The van der Waals surface area contributed by atoms with Crippen molar-refractivity contribution < 1.29 is 23.1 Å². The fourth-order valence-corrected chi connectivity index (χ4v) is 3.63. The summed E-state index contributed by atoms with van der Waals surface area (Å²) in [7, 11) is -3.66. The average Bonchev–Trinajstić information content (AvgIpc) is 3.35. The second-order valence-corrected chi connectivity index (χ2v) is 7.93. The van der Waals surface area contributed by atoms with Crippen molar-refractivity contribution in [3.63, 3.8) is 0 Å². The minimum absolute atomic E-state index is 0.0142. The minimum atomic E-state index is -3.66. The van der Waals surface area contributed by atoms with Gasteiger partial charge >= 0.3 is 5.97 Å². The van der Waals surface area contributed by atoms with Gasteiger partial charge in [-0.15, -0.1) is 0 Å². The predicted octanol–water partition coefficient (Wildman–Crippen LogP) is 0.783. The van der Waals surface area contributed by atoms with Crippen LogP contribution in [0, 0.1) is 6.92 Å². The number of carbonyl (C=O) groups is 2. The molecule has 0 heterocycles. The highest BCUT2D eigenvalue weighted by atomic mass is 32.2. The van der Waals surface area contributed by atoms with E-state index in [1.165, 1.54) is 12.1 Å². The molecule has 2 aliphatic carbocycles. The van der Waals surface area contributed by atoms with Gasteiger partial charge in [0.1, 0.15) is 5.54 Å². The summed E-state index contributed by atoms with van der Waals surface area (Å²) in [6.45, 7) is 1.68. The van der Waals surface area contributed by atoms with E-state index in [-0.39, 0.29) is 16.5 Å². The highest BCUT2D eigenvalue weighted by Crippen LogP contribution is 2.36. The maximum atomic E-state index is 12.3. The highest BCUT2D eigenvalue weighted by Gasteiger charge is 2.51. The van der Waals surface area contributed by atoms with Gasteiger partial charge in [0.05, 0.1) is 4.90 Å². The van der Waals surface area contributed by atoms with E-state index in [9.17, 15) is 18.0 Å². The van der Waals surface area contributed by atoms with Gasteiger partial charge in [-0.3, -0.25) is 4.79 Å². The average molecular weight is 338 g/mol. The summed E-state index contributed by atoms with van der Waals surface area (Å²) in [6.07, 6.45) is 2.40. The van der Waals surface area contributed by atoms with Crippen LogP contribution in [0.3, 0.4) is 0 Å². The Balaban J connectivity index is 1.85. The van der Waals surface area contributed by atoms with Gasteiger partial charge in [0.15, 0.2) is 0 Å². The summed E-state index contributed by atoms with van der Waals surface area (Å²) in [5.41, 5.74) is -0.435. The first-order valence-corrected chi connectivity index (χ1v) is 8.91. The molecule has 124 valence electrons. The lowest BCUT2D eigenvalue weighted by Gasteiger charge is -2.15. The van der Waals surface area contributed by atoms with Crippen LogP contribution in [0.2, 0.25) is 0 Å². The Kier molecular flexibility index (Phi) is 3.68. The summed E-state index contributed by atoms with van der Waals surface area (Å²) in [5, 5.41) is 11.6. The normalized spacial score (nSPS) is 19.2. The third-order valence-corrected chi connectivity index (χ3v) is 5.69. The minimum Gasteiger partial charge on any atom is -0.480 e. The van der Waals surface area contributed by atoms with Gasteiger partial charge in [0, 0.05) is 11.6 Å². The van der Waals surface area contributed by atoms with Gasteiger partial charge in [-0.1, -0.05) is 6.07 Å². The molecule has 0 unspecified atom stereocenters. The monoisotopic (exact) mass is 338 g/mol. The van der Waals surface area contributed by atoms with Crippen LogP contribution in [0.1, 0.15) is 41.6 Å². The quantitative estimate of drug-likeness (QED) is 0.709.